The zero-order valence-corrected chi connectivity index (χ0v) is 9.05. The van der Waals surface area contributed by atoms with E-state index in [1.54, 1.807) is 0 Å². The van der Waals surface area contributed by atoms with Crippen LogP contribution in [-0.2, 0) is 17.4 Å². The van der Waals surface area contributed by atoms with E-state index in [-0.39, 0.29) is 0 Å². The van der Waals surface area contributed by atoms with Crippen LogP contribution in [0.2, 0.25) is 0 Å². The van der Waals surface area contributed by atoms with Crippen LogP contribution >= 0.6 is 0 Å². The summed E-state index contributed by atoms with van der Waals surface area (Å²) in [6, 6.07) is 0.481. The Kier molecular flexibility index (Phi) is 3.88. The topological polar surface area (TPSA) is 50.2 Å². The Hall–Kier alpha value is -1.73. The largest absolute Gasteiger partial charge is 0.481 e. The first-order chi connectivity index (χ1) is 8.12. The van der Waals surface area contributed by atoms with E-state index >= 15 is 0 Å². The van der Waals surface area contributed by atoms with Gasteiger partial charge >= 0.3 is 12.1 Å². The van der Waals surface area contributed by atoms with E-state index < -0.39 is 47.5 Å². The number of alkyl halides is 5. The fourth-order valence-corrected chi connectivity index (χ4v) is 1.44. The van der Waals surface area contributed by atoms with E-state index in [9.17, 15) is 26.7 Å². The lowest BCUT2D eigenvalue weighted by atomic mass is 10.0. The number of halogens is 5. The maximum atomic E-state index is 12.6. The first-order valence-electron chi connectivity index (χ1n) is 4.70. The van der Waals surface area contributed by atoms with Gasteiger partial charge in [0.25, 0.3) is 6.43 Å². The summed E-state index contributed by atoms with van der Waals surface area (Å²) in [4.78, 5) is 13.6. The van der Waals surface area contributed by atoms with E-state index in [0.29, 0.717) is 6.07 Å². The molecule has 0 saturated carbocycles. The molecule has 0 aliphatic rings. The summed E-state index contributed by atoms with van der Waals surface area (Å²) in [6.45, 7) is 0.877. The Morgan fingerprint density at radius 3 is 2.39 bits per heavy atom. The number of pyridine rings is 1. The number of aromatic nitrogens is 1. The summed E-state index contributed by atoms with van der Waals surface area (Å²) in [7, 11) is 0. The second-order valence-corrected chi connectivity index (χ2v) is 3.54. The molecule has 0 aliphatic heterocycles. The molecule has 8 heteroatoms. The molecular formula is C10H8F5NO2. The lowest BCUT2D eigenvalue weighted by Crippen LogP contribution is -2.14. The smallest absolute Gasteiger partial charge is 0.416 e. The summed E-state index contributed by atoms with van der Waals surface area (Å²) in [5, 5.41) is 8.45. The SMILES string of the molecule is Cc1c(C(F)(F)F)cc(CC(=O)O)nc1C(F)F. The second kappa shape index (κ2) is 4.87. The minimum Gasteiger partial charge on any atom is -0.481 e. The molecule has 0 unspecified atom stereocenters. The number of aliphatic carboxylic acids is 1. The Morgan fingerprint density at radius 2 is 2.00 bits per heavy atom. The van der Waals surface area contributed by atoms with Crippen molar-refractivity contribution in [2.45, 2.75) is 25.9 Å². The summed E-state index contributed by atoms with van der Waals surface area (Å²) in [6.07, 6.45) is -8.87. The van der Waals surface area contributed by atoms with Gasteiger partial charge in [-0.3, -0.25) is 9.78 Å². The number of carboxylic acid groups (broad SMARTS) is 1. The molecule has 0 spiro atoms. The highest BCUT2D eigenvalue weighted by molar-refractivity contribution is 5.69. The highest BCUT2D eigenvalue weighted by Crippen LogP contribution is 2.35. The van der Waals surface area contributed by atoms with Crippen molar-refractivity contribution >= 4 is 5.97 Å². The van der Waals surface area contributed by atoms with Crippen LogP contribution in [0.25, 0.3) is 0 Å². The molecule has 1 aromatic heterocycles. The van der Waals surface area contributed by atoms with Crippen molar-refractivity contribution in [1.82, 2.24) is 4.98 Å². The van der Waals surface area contributed by atoms with Gasteiger partial charge in [0.15, 0.2) is 0 Å². The lowest BCUT2D eigenvalue weighted by molar-refractivity contribution is -0.139. The van der Waals surface area contributed by atoms with E-state index in [1.807, 2.05) is 0 Å². The maximum absolute atomic E-state index is 12.6. The van der Waals surface area contributed by atoms with Gasteiger partial charge in [0, 0.05) is 0 Å². The Morgan fingerprint density at radius 1 is 1.44 bits per heavy atom. The molecule has 18 heavy (non-hydrogen) atoms. The number of nitrogens with zero attached hydrogens (tertiary/aromatic N) is 1. The molecule has 0 aromatic carbocycles. The van der Waals surface area contributed by atoms with Crippen LogP contribution in [0.3, 0.4) is 0 Å². The zero-order valence-electron chi connectivity index (χ0n) is 9.05. The van der Waals surface area contributed by atoms with Gasteiger partial charge in [-0.15, -0.1) is 0 Å². The normalized spacial score (nSPS) is 11.9. The van der Waals surface area contributed by atoms with Crippen LogP contribution in [0.4, 0.5) is 22.0 Å². The molecule has 0 radical (unpaired) electrons. The molecule has 1 rings (SSSR count). The predicted octanol–water partition coefficient (Wildman–Crippen LogP) is 2.97. The summed E-state index contributed by atoms with van der Waals surface area (Å²) in [5.41, 5.74) is -3.56. The number of carboxylic acids is 1. The van der Waals surface area contributed by atoms with E-state index in [1.165, 1.54) is 0 Å². The molecule has 100 valence electrons. The van der Waals surface area contributed by atoms with Gasteiger partial charge < -0.3 is 5.11 Å². The number of carbonyl (C=O) groups is 1. The third-order valence-corrected chi connectivity index (χ3v) is 2.21. The van der Waals surface area contributed by atoms with Gasteiger partial charge in [-0.1, -0.05) is 0 Å². The molecule has 1 heterocycles. The van der Waals surface area contributed by atoms with Crippen molar-refractivity contribution in [3.05, 3.63) is 28.6 Å². The highest BCUT2D eigenvalue weighted by Gasteiger charge is 2.35. The van der Waals surface area contributed by atoms with E-state index in [2.05, 4.69) is 4.98 Å². The Balaban J connectivity index is 3.42. The third-order valence-electron chi connectivity index (χ3n) is 2.21. The minimum atomic E-state index is -4.83. The van der Waals surface area contributed by atoms with Gasteiger partial charge in [0.2, 0.25) is 0 Å². The summed E-state index contributed by atoms with van der Waals surface area (Å²) in [5.74, 6) is -1.44. The first-order valence-corrected chi connectivity index (χ1v) is 4.70. The molecule has 0 aliphatic carbocycles. The number of hydrogen-bond acceptors (Lipinski definition) is 2. The average molecular weight is 269 g/mol. The standard InChI is InChI=1S/C10H8F5NO2/c1-4-6(10(13,14)15)2-5(3-7(17)18)16-8(4)9(11)12/h2,9H,3H2,1H3,(H,17,18). The molecule has 3 nitrogen and oxygen atoms in total. The fraction of sp³-hybridized carbons (Fsp3) is 0.400. The quantitative estimate of drug-likeness (QED) is 0.858. The molecule has 1 N–H and O–H groups in total. The average Bonchev–Trinajstić information content (AvgIpc) is 2.17. The minimum absolute atomic E-state index is 0.481. The third kappa shape index (κ3) is 3.14. The monoisotopic (exact) mass is 269 g/mol. The molecule has 0 saturated heterocycles. The van der Waals surface area contributed by atoms with Crippen molar-refractivity contribution in [2.24, 2.45) is 0 Å². The number of rotatable bonds is 3. The molecule has 0 atom stereocenters. The van der Waals surface area contributed by atoms with Crippen molar-refractivity contribution in [2.75, 3.05) is 0 Å². The van der Waals surface area contributed by atoms with Crippen LogP contribution in [-0.4, -0.2) is 16.1 Å². The molecule has 1 aromatic rings. The van der Waals surface area contributed by atoms with Gasteiger partial charge in [-0.05, 0) is 18.6 Å². The zero-order chi connectivity index (χ0) is 14.1. The molecular weight excluding hydrogens is 261 g/mol. The van der Waals surface area contributed by atoms with Crippen molar-refractivity contribution in [1.29, 1.82) is 0 Å². The number of hydrogen-bond donors (Lipinski definition) is 1. The highest BCUT2D eigenvalue weighted by atomic mass is 19.4. The van der Waals surface area contributed by atoms with Crippen LogP contribution in [0.1, 0.15) is 28.9 Å². The van der Waals surface area contributed by atoms with Crippen molar-refractivity contribution in [3.8, 4) is 0 Å². The Bertz CT molecular complexity index is 470. The van der Waals surface area contributed by atoms with Crippen LogP contribution in [0, 0.1) is 6.92 Å². The predicted molar refractivity (Wildman–Crippen MR) is 50.3 cm³/mol. The fourth-order valence-electron chi connectivity index (χ4n) is 1.44. The van der Waals surface area contributed by atoms with E-state index in [0.717, 1.165) is 6.92 Å². The lowest BCUT2D eigenvalue weighted by Gasteiger charge is -2.14. The second-order valence-electron chi connectivity index (χ2n) is 3.54. The first kappa shape index (κ1) is 14.3. The maximum Gasteiger partial charge on any atom is 0.416 e. The summed E-state index contributed by atoms with van der Waals surface area (Å²) >= 11 is 0. The van der Waals surface area contributed by atoms with Gasteiger partial charge in [0.05, 0.1) is 17.7 Å². The van der Waals surface area contributed by atoms with Gasteiger partial charge in [-0.25, -0.2) is 8.78 Å². The molecule has 0 bridgehead atoms. The molecule has 0 fully saturated rings. The van der Waals surface area contributed by atoms with Crippen LogP contribution in [0.15, 0.2) is 6.07 Å². The van der Waals surface area contributed by atoms with Crippen molar-refractivity contribution < 1.29 is 31.9 Å². The Labute approximate surface area is 98.3 Å². The van der Waals surface area contributed by atoms with Crippen molar-refractivity contribution in [3.63, 3.8) is 0 Å². The van der Waals surface area contributed by atoms with E-state index in [4.69, 9.17) is 5.11 Å². The van der Waals surface area contributed by atoms with Gasteiger partial charge in [-0.2, -0.15) is 13.2 Å². The van der Waals surface area contributed by atoms with Crippen LogP contribution < -0.4 is 0 Å². The van der Waals surface area contributed by atoms with Crippen LogP contribution in [0.5, 0.6) is 0 Å². The van der Waals surface area contributed by atoms with Gasteiger partial charge in [0.1, 0.15) is 5.69 Å². The summed E-state index contributed by atoms with van der Waals surface area (Å²) < 4.78 is 62.8. The molecule has 0 amide bonds.